The van der Waals surface area contributed by atoms with Gasteiger partial charge < -0.3 is 4.74 Å². The molecule has 0 amide bonds. The third-order valence-electron chi connectivity index (χ3n) is 3.96. The Morgan fingerprint density at radius 1 is 0.793 bits per heavy atom. The Morgan fingerprint density at radius 3 is 2.17 bits per heavy atom. The molecule has 0 bridgehead atoms. The largest absolute Gasteiger partial charge is 0.434 e. The van der Waals surface area contributed by atoms with Crippen LogP contribution < -0.4 is 10.3 Å². The fourth-order valence-corrected chi connectivity index (χ4v) is 2.73. The number of benzene rings is 2. The van der Waals surface area contributed by atoms with Crippen molar-refractivity contribution in [2.75, 3.05) is 0 Å². The minimum absolute atomic E-state index is 0.0543. The lowest BCUT2D eigenvalue weighted by molar-refractivity contribution is 0.416. The summed E-state index contributed by atoms with van der Waals surface area (Å²) in [5.41, 5.74) is -2.26. The zero-order valence-corrected chi connectivity index (χ0v) is 14.2. The smallest absolute Gasteiger partial charge is 0.281 e. The van der Waals surface area contributed by atoms with Gasteiger partial charge in [-0.3, -0.25) is 4.79 Å². The van der Waals surface area contributed by atoms with E-state index < -0.39 is 45.8 Å². The molecule has 0 aliphatic rings. The summed E-state index contributed by atoms with van der Waals surface area (Å²) in [5, 5.41) is 3.95. The van der Waals surface area contributed by atoms with Crippen LogP contribution in [0, 0.1) is 29.1 Å². The van der Waals surface area contributed by atoms with Crippen LogP contribution in [0.4, 0.5) is 22.0 Å². The first-order valence-corrected chi connectivity index (χ1v) is 8.00. The Bertz CT molecular complexity index is 1300. The summed E-state index contributed by atoms with van der Waals surface area (Å²) in [7, 11) is 0. The number of ether oxygens (including phenoxy) is 1. The number of aromatic nitrogens is 3. The zero-order chi connectivity index (χ0) is 20.7. The van der Waals surface area contributed by atoms with Gasteiger partial charge in [-0.25, -0.2) is 26.5 Å². The minimum atomic E-state index is -1.29. The number of hydrogen-bond donors (Lipinski definition) is 0. The van der Waals surface area contributed by atoms with Crippen LogP contribution in [0.2, 0.25) is 0 Å². The molecule has 0 N–H and O–H groups in total. The Hall–Kier alpha value is -3.82. The molecule has 0 atom stereocenters. The van der Waals surface area contributed by atoms with Crippen LogP contribution in [0.25, 0.3) is 16.6 Å². The predicted molar refractivity (Wildman–Crippen MR) is 91.0 cm³/mol. The fraction of sp³-hybridized carbons (Fsp3) is 0. The van der Waals surface area contributed by atoms with E-state index in [2.05, 4.69) is 10.1 Å². The molecule has 5 nitrogen and oxygen atoms in total. The van der Waals surface area contributed by atoms with Gasteiger partial charge in [-0.2, -0.15) is 4.98 Å². The van der Waals surface area contributed by atoms with Crippen molar-refractivity contribution in [3.63, 3.8) is 0 Å². The highest BCUT2D eigenvalue weighted by Crippen LogP contribution is 2.29. The van der Waals surface area contributed by atoms with Gasteiger partial charge in [0.25, 0.3) is 5.56 Å². The highest BCUT2D eigenvalue weighted by molar-refractivity contribution is 5.79. The van der Waals surface area contributed by atoms with Crippen molar-refractivity contribution >= 4 is 5.52 Å². The average molecular weight is 405 g/mol. The van der Waals surface area contributed by atoms with Crippen molar-refractivity contribution in [2.24, 2.45) is 0 Å². The Morgan fingerprint density at radius 2 is 1.48 bits per heavy atom. The molecular weight excluding hydrogens is 397 g/mol. The monoisotopic (exact) mass is 405 g/mol. The second-order valence-corrected chi connectivity index (χ2v) is 5.85. The molecule has 4 rings (SSSR count). The van der Waals surface area contributed by atoms with Crippen LogP contribution in [0.1, 0.15) is 0 Å². The van der Waals surface area contributed by atoms with Crippen LogP contribution in [-0.2, 0) is 0 Å². The lowest BCUT2D eigenvalue weighted by Crippen LogP contribution is -2.15. The fourth-order valence-electron chi connectivity index (χ4n) is 2.73. The molecule has 0 saturated carbocycles. The van der Waals surface area contributed by atoms with Crippen molar-refractivity contribution in [3.05, 3.63) is 88.2 Å². The number of halogens is 5. The summed E-state index contributed by atoms with van der Waals surface area (Å²) < 4.78 is 74.5. The van der Waals surface area contributed by atoms with E-state index in [1.165, 1.54) is 12.1 Å². The summed E-state index contributed by atoms with van der Waals surface area (Å²) in [6.07, 6.45) is 0.967. The van der Waals surface area contributed by atoms with Crippen molar-refractivity contribution < 1.29 is 26.7 Å². The molecule has 0 fully saturated rings. The van der Waals surface area contributed by atoms with E-state index in [0.717, 1.165) is 23.0 Å². The Balaban J connectivity index is 1.85. The van der Waals surface area contributed by atoms with Gasteiger partial charge in [0.1, 0.15) is 29.6 Å². The van der Waals surface area contributed by atoms with E-state index in [4.69, 9.17) is 4.74 Å². The first kappa shape index (κ1) is 18.5. The van der Waals surface area contributed by atoms with Gasteiger partial charge in [0.2, 0.25) is 5.88 Å². The second kappa shape index (κ2) is 6.97. The summed E-state index contributed by atoms with van der Waals surface area (Å²) in [6.45, 7) is 0. The molecule has 2 aromatic heterocycles. The van der Waals surface area contributed by atoms with Crippen molar-refractivity contribution in [1.82, 2.24) is 14.6 Å². The standard InChI is InChI=1S/C19H8F5N3O2/c20-9-1-3-15(11(22)5-9)29-16-4-2-14-18(19(28)25-8-27(14)26-16)17-12(23)6-10(21)7-13(17)24/h1-8H. The molecular formula is C19H8F5N3O2. The maximum Gasteiger partial charge on any atom is 0.281 e. The summed E-state index contributed by atoms with van der Waals surface area (Å²) >= 11 is 0. The highest BCUT2D eigenvalue weighted by Gasteiger charge is 2.20. The van der Waals surface area contributed by atoms with E-state index >= 15 is 0 Å². The third-order valence-corrected chi connectivity index (χ3v) is 3.96. The van der Waals surface area contributed by atoms with Gasteiger partial charge in [0, 0.05) is 24.3 Å². The van der Waals surface area contributed by atoms with E-state index in [1.807, 2.05) is 0 Å². The molecule has 0 saturated heterocycles. The number of rotatable bonds is 3. The number of hydrogen-bond acceptors (Lipinski definition) is 4. The van der Waals surface area contributed by atoms with Crippen molar-refractivity contribution in [1.29, 1.82) is 0 Å². The molecule has 0 aliphatic heterocycles. The summed E-state index contributed by atoms with van der Waals surface area (Å²) in [4.78, 5) is 15.7. The molecule has 0 radical (unpaired) electrons. The SMILES string of the molecule is O=c1ncn2nc(Oc3ccc(F)cc3F)ccc2c1-c1c(F)cc(F)cc1F. The number of nitrogens with zero attached hydrogens (tertiary/aromatic N) is 3. The van der Waals surface area contributed by atoms with Gasteiger partial charge in [0.15, 0.2) is 11.6 Å². The average Bonchev–Trinajstić information content (AvgIpc) is 2.65. The van der Waals surface area contributed by atoms with Gasteiger partial charge >= 0.3 is 0 Å². The quantitative estimate of drug-likeness (QED) is 0.479. The number of fused-ring (bicyclic) bond motifs is 1. The van der Waals surface area contributed by atoms with Crippen molar-refractivity contribution in [3.8, 4) is 22.8 Å². The molecule has 0 aliphatic carbocycles. The Labute approximate surface area is 158 Å². The van der Waals surface area contributed by atoms with E-state index in [1.54, 1.807) is 0 Å². The van der Waals surface area contributed by atoms with Gasteiger partial charge in [-0.1, -0.05) is 0 Å². The Kier molecular flexibility index (Phi) is 4.45. The molecule has 4 aromatic rings. The first-order valence-electron chi connectivity index (χ1n) is 8.00. The summed E-state index contributed by atoms with van der Waals surface area (Å²) in [5.74, 6) is -5.97. The molecule has 2 heterocycles. The van der Waals surface area contributed by atoms with Crippen LogP contribution in [0.5, 0.6) is 11.6 Å². The van der Waals surface area contributed by atoms with Crippen LogP contribution in [0.15, 0.2) is 53.6 Å². The molecule has 0 spiro atoms. The van der Waals surface area contributed by atoms with Gasteiger partial charge in [-0.15, -0.1) is 5.10 Å². The lowest BCUT2D eigenvalue weighted by Gasteiger charge is -2.10. The molecule has 10 heteroatoms. The summed E-state index contributed by atoms with van der Waals surface area (Å²) in [6, 6.07) is 5.97. The molecule has 146 valence electrons. The predicted octanol–water partition coefficient (Wildman–Crippen LogP) is 4.24. The molecule has 29 heavy (non-hydrogen) atoms. The van der Waals surface area contributed by atoms with Crippen molar-refractivity contribution in [2.45, 2.75) is 0 Å². The normalized spacial score (nSPS) is 11.1. The minimum Gasteiger partial charge on any atom is -0.434 e. The molecule has 2 aromatic carbocycles. The van der Waals surface area contributed by atoms with Crippen LogP contribution in [0.3, 0.4) is 0 Å². The maximum absolute atomic E-state index is 14.2. The highest BCUT2D eigenvalue weighted by atomic mass is 19.2. The topological polar surface area (TPSA) is 56.5 Å². The van der Waals surface area contributed by atoms with E-state index in [0.29, 0.717) is 18.2 Å². The lowest BCUT2D eigenvalue weighted by atomic mass is 10.0. The second-order valence-electron chi connectivity index (χ2n) is 5.85. The third kappa shape index (κ3) is 3.40. The van der Waals surface area contributed by atoms with E-state index in [-0.39, 0.29) is 17.1 Å². The van der Waals surface area contributed by atoms with Gasteiger partial charge in [-0.05, 0) is 18.2 Å². The molecule has 0 unspecified atom stereocenters. The maximum atomic E-state index is 14.2. The zero-order valence-electron chi connectivity index (χ0n) is 14.2. The van der Waals surface area contributed by atoms with E-state index in [9.17, 15) is 26.7 Å². The first-order chi connectivity index (χ1) is 13.8. The van der Waals surface area contributed by atoms with Crippen LogP contribution >= 0.6 is 0 Å². The van der Waals surface area contributed by atoms with Gasteiger partial charge in [0.05, 0.1) is 16.6 Å². The van der Waals surface area contributed by atoms with Crippen LogP contribution in [-0.4, -0.2) is 14.6 Å².